The minimum Gasteiger partial charge on any atom is -0.497 e. The van der Waals surface area contributed by atoms with E-state index in [-0.39, 0.29) is 44.1 Å². The second kappa shape index (κ2) is 38.8. The molecule has 0 aliphatic heterocycles. The van der Waals surface area contributed by atoms with E-state index in [1.54, 1.807) is 35.5 Å². The first-order chi connectivity index (χ1) is 40.8. The van der Waals surface area contributed by atoms with Crippen LogP contribution in [0, 0.1) is 6.57 Å². The molecule has 0 aliphatic rings. The molecule has 0 fully saturated rings. The summed E-state index contributed by atoms with van der Waals surface area (Å²) in [7, 11) is 6.78. The Hall–Kier alpha value is -6.00. The Morgan fingerprint density at radius 1 is 0.488 bits per heavy atom. The first-order valence-electron chi connectivity index (χ1n) is 28.9. The predicted octanol–water partition coefficient (Wildman–Crippen LogP) is 10.9. The maximum Gasteiger partial charge on any atom is 0.259 e. The van der Waals surface area contributed by atoms with Gasteiger partial charge in [0.15, 0.2) is 0 Å². The highest BCUT2D eigenvalue weighted by molar-refractivity contribution is 7.44. The smallest absolute Gasteiger partial charge is 0.259 e. The lowest BCUT2D eigenvalue weighted by Gasteiger charge is -2.40. The van der Waals surface area contributed by atoms with Gasteiger partial charge < -0.3 is 73.2 Å². The number of aliphatic hydroxyl groups excluding tert-OH is 2. The molecule has 0 aromatic heterocycles. The molecule has 84 heavy (non-hydrogen) atoms. The van der Waals surface area contributed by atoms with Crippen LogP contribution in [0.2, 0.25) is 0 Å². The molecule has 0 aliphatic carbocycles. The van der Waals surface area contributed by atoms with Gasteiger partial charge in [-0.2, -0.15) is 0 Å². The average Bonchev–Trinajstić information content (AvgIpc) is 2.55. The standard InChI is InChI=1S/C35H48N3O5P.C26H31NO4.C6H15NO2/c1-9-37-25-34(26-42-44(41-24-23-36-6)38(27(2)3)28(4)5)43-35(29-13-11-10-12-14-29,30-15-19-32(39-7)20-16-30)31-17-21-33(40-8)22-18-31;1-4-27-18-25(19-28)31-26(20-8-6-5-7-9-20,21-10-14-23(29-2)15-11-21)22-12-16-24(30-3)17-13-22;1-3-7-4-6(8)5-9-2/h10-22,27-28,34,37H,9,23-26H2,1-5,7-8H3;5-17,25,27-28H,4,18-19H2,1-3H3;6-8H,3-5H2,1-2H3. The monoisotopic (exact) mass is 1180 g/mol. The molecule has 0 spiro atoms. The van der Waals surface area contributed by atoms with Gasteiger partial charge >= 0.3 is 0 Å². The van der Waals surface area contributed by atoms with Gasteiger partial charge in [0.1, 0.15) is 40.8 Å². The van der Waals surface area contributed by atoms with Crippen molar-refractivity contribution in [3.63, 3.8) is 0 Å². The summed E-state index contributed by atoms with van der Waals surface area (Å²) in [6, 6.07) is 52.6. The van der Waals surface area contributed by atoms with Gasteiger partial charge in [0.25, 0.3) is 8.53 Å². The molecule has 17 heteroatoms. The fourth-order valence-electron chi connectivity index (χ4n) is 9.46. The van der Waals surface area contributed by atoms with Crippen LogP contribution in [0.1, 0.15) is 81.8 Å². The highest BCUT2D eigenvalue weighted by Crippen LogP contribution is 2.48. The Kier molecular flexibility index (Phi) is 32.6. The van der Waals surface area contributed by atoms with Crippen molar-refractivity contribution < 1.29 is 52.4 Å². The van der Waals surface area contributed by atoms with Crippen LogP contribution in [-0.2, 0) is 34.5 Å². The molecule has 0 radical (unpaired) electrons. The lowest BCUT2D eigenvalue weighted by Crippen LogP contribution is -2.43. The number of aliphatic hydroxyl groups is 2. The SMILES string of the molecule is CCNCC(CO)OC(c1ccccc1)(c1ccc(OC)cc1)c1ccc(OC)cc1.CCNCC(O)COC.[C-]#[N+]CCOP(OCC(CNCC)OC(c1ccccc1)(c1ccc(OC)cc1)c1ccc(OC)cc1)N(C(C)C)C(C)C. The highest BCUT2D eigenvalue weighted by atomic mass is 31.2. The summed E-state index contributed by atoms with van der Waals surface area (Å²) in [6.07, 6.45) is -1.14. The fourth-order valence-corrected chi connectivity index (χ4v) is 11.1. The number of likely N-dealkylation sites (N-methyl/N-ethyl adjacent to an activating group) is 3. The molecule has 6 rings (SSSR count). The highest BCUT2D eigenvalue weighted by Gasteiger charge is 2.42. The molecule has 458 valence electrons. The van der Waals surface area contributed by atoms with Gasteiger partial charge in [-0.25, -0.2) is 11.2 Å². The van der Waals surface area contributed by atoms with Crippen LogP contribution < -0.4 is 34.9 Å². The number of nitrogens with zero attached hydrogens (tertiary/aromatic N) is 2. The summed E-state index contributed by atoms with van der Waals surface area (Å²) in [4.78, 5) is 3.48. The summed E-state index contributed by atoms with van der Waals surface area (Å²) in [5, 5.41) is 28.9. The van der Waals surface area contributed by atoms with E-state index in [9.17, 15) is 5.11 Å². The van der Waals surface area contributed by atoms with Crippen LogP contribution in [0.15, 0.2) is 158 Å². The number of ether oxygens (including phenoxy) is 7. The Morgan fingerprint density at radius 3 is 1.15 bits per heavy atom. The van der Waals surface area contributed by atoms with Crippen molar-refractivity contribution in [3.8, 4) is 23.0 Å². The van der Waals surface area contributed by atoms with Crippen LogP contribution in [0.3, 0.4) is 0 Å². The number of hydrogen-bond donors (Lipinski definition) is 5. The quantitative estimate of drug-likeness (QED) is 0.0110. The van der Waals surface area contributed by atoms with Gasteiger partial charge in [-0.3, -0.25) is 0 Å². The second-order valence-corrected chi connectivity index (χ2v) is 21.5. The summed E-state index contributed by atoms with van der Waals surface area (Å²) in [5.74, 6) is 3.07. The molecular weight excluding hydrogens is 1080 g/mol. The van der Waals surface area contributed by atoms with E-state index in [1.165, 1.54) is 0 Å². The minimum atomic E-state index is -1.43. The summed E-state index contributed by atoms with van der Waals surface area (Å²) >= 11 is 0. The number of nitrogens with one attached hydrogen (secondary N) is 3. The van der Waals surface area contributed by atoms with Gasteiger partial charge in [-0.05, 0) is 129 Å². The van der Waals surface area contributed by atoms with Crippen molar-refractivity contribution in [2.24, 2.45) is 0 Å². The van der Waals surface area contributed by atoms with Crippen molar-refractivity contribution in [2.75, 3.05) is 108 Å². The van der Waals surface area contributed by atoms with Crippen molar-refractivity contribution in [1.29, 1.82) is 0 Å². The van der Waals surface area contributed by atoms with Gasteiger partial charge in [0.05, 0.1) is 66.6 Å². The lowest BCUT2D eigenvalue weighted by atomic mass is 9.79. The van der Waals surface area contributed by atoms with Crippen LogP contribution in [-0.4, -0.2) is 153 Å². The molecule has 6 aromatic rings. The lowest BCUT2D eigenvalue weighted by molar-refractivity contribution is -0.0679. The molecular formula is C67H94N5O11P. The number of hydrogen-bond acceptors (Lipinski definition) is 15. The van der Waals surface area contributed by atoms with Crippen molar-refractivity contribution >= 4 is 8.53 Å². The zero-order valence-electron chi connectivity index (χ0n) is 51.6. The van der Waals surface area contributed by atoms with E-state index in [2.05, 4.69) is 109 Å². The van der Waals surface area contributed by atoms with Gasteiger partial charge in [0.2, 0.25) is 6.54 Å². The molecule has 16 nitrogen and oxygen atoms in total. The molecule has 0 bridgehead atoms. The van der Waals surface area contributed by atoms with Gasteiger partial charge in [-0.15, -0.1) is 0 Å². The third kappa shape index (κ3) is 20.9. The minimum absolute atomic E-state index is 0.103. The first kappa shape index (κ1) is 70.5. The number of benzene rings is 6. The Balaban J connectivity index is 0.000000327. The molecule has 4 unspecified atom stereocenters. The van der Waals surface area contributed by atoms with Crippen LogP contribution in [0.25, 0.3) is 4.85 Å². The number of methoxy groups -OCH3 is 5. The third-order valence-electron chi connectivity index (χ3n) is 13.5. The zero-order chi connectivity index (χ0) is 61.2. The summed E-state index contributed by atoms with van der Waals surface area (Å²) < 4.78 is 55.7. The van der Waals surface area contributed by atoms with E-state index in [0.29, 0.717) is 32.8 Å². The number of rotatable bonds is 35. The maximum absolute atomic E-state index is 10.1. The van der Waals surface area contributed by atoms with Crippen LogP contribution in [0.4, 0.5) is 0 Å². The normalized spacial score (nSPS) is 13.0. The van der Waals surface area contributed by atoms with Gasteiger partial charge in [0, 0.05) is 38.8 Å². The van der Waals surface area contributed by atoms with E-state index < -0.39 is 25.8 Å². The Labute approximate surface area is 502 Å². The molecule has 0 saturated carbocycles. The van der Waals surface area contributed by atoms with Crippen molar-refractivity contribution in [2.45, 2.75) is 90.1 Å². The van der Waals surface area contributed by atoms with Gasteiger partial charge in [-0.1, -0.05) is 130 Å². The molecule has 0 amide bonds. The molecule has 5 N–H and O–H groups in total. The third-order valence-corrected chi connectivity index (χ3v) is 15.6. The molecule has 6 aromatic carbocycles. The molecule has 0 saturated heterocycles. The topological polar surface area (TPSA) is 167 Å². The molecule has 0 heterocycles. The average molecular weight is 1180 g/mol. The Morgan fingerprint density at radius 2 is 0.833 bits per heavy atom. The summed E-state index contributed by atoms with van der Waals surface area (Å²) in [5.41, 5.74) is 3.85. The van der Waals surface area contributed by atoms with E-state index in [1.807, 2.05) is 123 Å². The largest absolute Gasteiger partial charge is 0.497 e. The maximum atomic E-state index is 10.1. The Bertz CT molecular complexity index is 2580. The first-order valence-corrected chi connectivity index (χ1v) is 30.0. The van der Waals surface area contributed by atoms with Crippen molar-refractivity contribution in [1.82, 2.24) is 20.6 Å². The van der Waals surface area contributed by atoms with Crippen LogP contribution in [0.5, 0.6) is 23.0 Å². The van der Waals surface area contributed by atoms with E-state index in [0.717, 1.165) is 76.0 Å². The summed E-state index contributed by atoms with van der Waals surface area (Å²) in [6.45, 7) is 27.2. The predicted molar refractivity (Wildman–Crippen MR) is 337 cm³/mol. The van der Waals surface area contributed by atoms with Crippen molar-refractivity contribution in [3.05, 3.63) is 203 Å². The van der Waals surface area contributed by atoms with E-state index >= 15 is 0 Å². The molecule has 4 atom stereocenters. The zero-order valence-corrected chi connectivity index (χ0v) is 52.5. The van der Waals surface area contributed by atoms with E-state index in [4.69, 9.17) is 53.9 Å². The fraction of sp³-hybridized carbons (Fsp3) is 0.448. The van der Waals surface area contributed by atoms with Crippen LogP contribution >= 0.6 is 8.53 Å². The second-order valence-electron chi connectivity index (χ2n) is 20.0.